The van der Waals surface area contributed by atoms with Gasteiger partial charge in [0, 0.05) is 13.0 Å². The summed E-state index contributed by atoms with van der Waals surface area (Å²) in [6.45, 7) is 4.28. The van der Waals surface area contributed by atoms with E-state index in [1.165, 1.54) is 12.7 Å². The van der Waals surface area contributed by atoms with Crippen LogP contribution in [0.5, 0.6) is 0 Å². The van der Waals surface area contributed by atoms with Gasteiger partial charge in [0.05, 0.1) is 20.3 Å². The first-order valence-corrected chi connectivity index (χ1v) is 8.60. The van der Waals surface area contributed by atoms with Crippen molar-refractivity contribution in [1.29, 1.82) is 0 Å². The molecule has 0 atom stereocenters. The monoisotopic (exact) mass is 333 g/mol. The molecule has 0 amide bonds. The lowest BCUT2D eigenvalue weighted by atomic mass is 9.91. The Kier molecular flexibility index (Phi) is 7.92. The van der Waals surface area contributed by atoms with Gasteiger partial charge in [0.2, 0.25) is 0 Å². The molecule has 1 aliphatic rings. The molecule has 24 heavy (non-hydrogen) atoms. The molecule has 1 aliphatic heterocycles. The first kappa shape index (κ1) is 18.6. The van der Waals surface area contributed by atoms with Gasteiger partial charge in [-0.25, -0.2) is 0 Å². The van der Waals surface area contributed by atoms with Crippen LogP contribution in [0.3, 0.4) is 0 Å². The maximum Gasteiger partial charge on any atom is 0.313 e. The number of likely N-dealkylation sites (tertiary alicyclic amines) is 1. The molecule has 0 bridgehead atoms. The molecule has 0 N–H and O–H groups in total. The average molecular weight is 333 g/mol. The number of ether oxygens (including phenoxy) is 2. The molecule has 1 saturated heterocycles. The van der Waals surface area contributed by atoms with Crippen LogP contribution in [0.15, 0.2) is 30.3 Å². The molecular formula is C19H27NO4. The normalized spacial score (nSPS) is 16.0. The standard InChI is InChI=1S/C19H27NO4/c1-23-19(22)14-18(21)13-16-7-9-20(10-8-16)11-12-24-15-17-5-3-2-4-6-17/h2-6,16H,7-15H2,1H3. The van der Waals surface area contributed by atoms with E-state index in [-0.39, 0.29) is 12.2 Å². The van der Waals surface area contributed by atoms with E-state index in [9.17, 15) is 9.59 Å². The van der Waals surface area contributed by atoms with E-state index in [2.05, 4.69) is 21.8 Å². The molecule has 1 aromatic carbocycles. The van der Waals surface area contributed by atoms with Crippen LogP contribution in [0.2, 0.25) is 0 Å². The molecular weight excluding hydrogens is 306 g/mol. The smallest absolute Gasteiger partial charge is 0.313 e. The Morgan fingerprint density at radius 1 is 1.17 bits per heavy atom. The topological polar surface area (TPSA) is 55.8 Å². The number of hydrogen-bond donors (Lipinski definition) is 0. The first-order valence-electron chi connectivity index (χ1n) is 8.60. The van der Waals surface area contributed by atoms with Crippen molar-refractivity contribution < 1.29 is 19.1 Å². The number of methoxy groups -OCH3 is 1. The predicted molar refractivity (Wildman–Crippen MR) is 91.5 cm³/mol. The van der Waals surface area contributed by atoms with Gasteiger partial charge in [-0.3, -0.25) is 9.59 Å². The van der Waals surface area contributed by atoms with Gasteiger partial charge in [-0.2, -0.15) is 0 Å². The summed E-state index contributed by atoms with van der Waals surface area (Å²) in [6.07, 6.45) is 2.41. The van der Waals surface area contributed by atoms with Crippen LogP contribution < -0.4 is 0 Å². The molecule has 0 aromatic heterocycles. The molecule has 1 fully saturated rings. The second kappa shape index (κ2) is 10.2. The van der Waals surface area contributed by atoms with Crippen LogP contribution in [0.25, 0.3) is 0 Å². The Hall–Kier alpha value is -1.72. The van der Waals surface area contributed by atoms with E-state index >= 15 is 0 Å². The van der Waals surface area contributed by atoms with Crippen molar-refractivity contribution >= 4 is 11.8 Å². The summed E-state index contributed by atoms with van der Waals surface area (Å²) in [4.78, 5) is 25.3. The number of esters is 1. The van der Waals surface area contributed by atoms with Gasteiger partial charge < -0.3 is 14.4 Å². The van der Waals surface area contributed by atoms with Gasteiger partial charge in [-0.15, -0.1) is 0 Å². The molecule has 1 aromatic rings. The lowest BCUT2D eigenvalue weighted by Crippen LogP contribution is -2.36. The number of carbonyl (C=O) groups excluding carboxylic acids is 2. The highest BCUT2D eigenvalue weighted by molar-refractivity contribution is 5.95. The van der Waals surface area contributed by atoms with Crippen molar-refractivity contribution in [3.63, 3.8) is 0 Å². The van der Waals surface area contributed by atoms with Gasteiger partial charge in [-0.05, 0) is 37.4 Å². The van der Waals surface area contributed by atoms with Crippen molar-refractivity contribution in [3.8, 4) is 0 Å². The molecule has 1 heterocycles. The van der Waals surface area contributed by atoms with Crippen molar-refractivity contribution in [2.45, 2.75) is 32.3 Å². The van der Waals surface area contributed by atoms with Crippen LogP contribution in [-0.4, -0.2) is 50.0 Å². The van der Waals surface area contributed by atoms with Crippen LogP contribution in [0.4, 0.5) is 0 Å². The number of piperidine rings is 1. The third kappa shape index (κ3) is 6.81. The number of rotatable bonds is 9. The second-order valence-corrected chi connectivity index (χ2v) is 6.32. The Labute approximate surface area is 143 Å². The van der Waals surface area contributed by atoms with E-state index < -0.39 is 5.97 Å². The van der Waals surface area contributed by atoms with Crippen molar-refractivity contribution in [1.82, 2.24) is 4.90 Å². The summed E-state index contributed by atoms with van der Waals surface area (Å²) in [7, 11) is 1.31. The van der Waals surface area contributed by atoms with Crippen LogP contribution in [0, 0.1) is 5.92 Å². The molecule has 0 saturated carbocycles. The van der Waals surface area contributed by atoms with Gasteiger partial charge in [0.25, 0.3) is 0 Å². The fourth-order valence-corrected chi connectivity index (χ4v) is 3.00. The molecule has 5 heteroatoms. The highest BCUT2D eigenvalue weighted by atomic mass is 16.5. The van der Waals surface area contributed by atoms with Gasteiger partial charge in [-0.1, -0.05) is 30.3 Å². The molecule has 0 radical (unpaired) electrons. The van der Waals surface area contributed by atoms with Crippen LogP contribution >= 0.6 is 0 Å². The minimum atomic E-state index is -0.437. The fourth-order valence-electron chi connectivity index (χ4n) is 3.00. The SMILES string of the molecule is COC(=O)CC(=O)CC1CCN(CCOCc2ccccc2)CC1. The Bertz CT molecular complexity index is 509. The lowest BCUT2D eigenvalue weighted by Gasteiger charge is -2.31. The average Bonchev–Trinajstić information content (AvgIpc) is 2.61. The predicted octanol–water partition coefficient (Wildman–Crippen LogP) is 2.44. The summed E-state index contributed by atoms with van der Waals surface area (Å²) < 4.78 is 10.3. The quantitative estimate of drug-likeness (QED) is 0.395. The van der Waals surface area contributed by atoms with Crippen molar-refractivity contribution in [2.24, 2.45) is 5.92 Å². The maximum atomic E-state index is 11.8. The summed E-state index contributed by atoms with van der Waals surface area (Å²) in [5.74, 6) is -0.0526. The molecule has 0 unspecified atom stereocenters. The third-order valence-corrected chi connectivity index (χ3v) is 4.46. The summed E-state index contributed by atoms with van der Waals surface area (Å²) >= 11 is 0. The first-order chi connectivity index (χ1) is 11.7. The molecule has 0 spiro atoms. The number of hydrogen-bond acceptors (Lipinski definition) is 5. The van der Waals surface area contributed by atoms with Crippen molar-refractivity contribution in [3.05, 3.63) is 35.9 Å². The largest absolute Gasteiger partial charge is 0.469 e. The zero-order chi connectivity index (χ0) is 17.2. The van der Waals surface area contributed by atoms with E-state index in [1.54, 1.807) is 0 Å². The molecule has 0 aliphatic carbocycles. The van der Waals surface area contributed by atoms with E-state index in [0.717, 1.165) is 39.1 Å². The Morgan fingerprint density at radius 3 is 2.54 bits per heavy atom. The molecule has 132 valence electrons. The van der Waals surface area contributed by atoms with Crippen LogP contribution in [-0.2, 0) is 25.7 Å². The second-order valence-electron chi connectivity index (χ2n) is 6.32. The van der Waals surface area contributed by atoms with Gasteiger partial charge >= 0.3 is 5.97 Å². The summed E-state index contributed by atoms with van der Waals surface area (Å²) in [5.41, 5.74) is 1.19. The lowest BCUT2D eigenvalue weighted by molar-refractivity contribution is -0.143. The number of carbonyl (C=O) groups is 2. The third-order valence-electron chi connectivity index (χ3n) is 4.46. The van der Waals surface area contributed by atoms with Gasteiger partial charge in [0.15, 0.2) is 0 Å². The fraction of sp³-hybridized carbons (Fsp3) is 0.579. The minimum Gasteiger partial charge on any atom is -0.469 e. The highest BCUT2D eigenvalue weighted by Gasteiger charge is 2.22. The van der Waals surface area contributed by atoms with E-state index in [0.29, 0.717) is 18.9 Å². The number of nitrogens with zero attached hydrogens (tertiary/aromatic N) is 1. The zero-order valence-electron chi connectivity index (χ0n) is 14.4. The number of benzene rings is 1. The summed E-state index contributed by atoms with van der Waals surface area (Å²) in [6, 6.07) is 10.2. The Morgan fingerprint density at radius 2 is 1.88 bits per heavy atom. The Balaban J connectivity index is 1.56. The van der Waals surface area contributed by atoms with Crippen LogP contribution in [0.1, 0.15) is 31.2 Å². The maximum absolute atomic E-state index is 11.8. The minimum absolute atomic E-state index is 0.00788. The van der Waals surface area contributed by atoms with E-state index in [1.807, 2.05) is 18.2 Å². The molecule has 5 nitrogen and oxygen atoms in total. The zero-order valence-corrected chi connectivity index (χ0v) is 14.4. The number of ketones is 1. The highest BCUT2D eigenvalue weighted by Crippen LogP contribution is 2.21. The number of Topliss-reactive ketones (excluding diaryl/α,β-unsaturated/α-hetero) is 1. The van der Waals surface area contributed by atoms with Gasteiger partial charge in [0.1, 0.15) is 12.2 Å². The van der Waals surface area contributed by atoms with Crippen molar-refractivity contribution in [2.75, 3.05) is 33.4 Å². The molecule has 2 rings (SSSR count). The summed E-state index contributed by atoms with van der Waals surface area (Å²) in [5, 5.41) is 0. The van der Waals surface area contributed by atoms with E-state index in [4.69, 9.17) is 4.74 Å².